The molecular weight excluding hydrogens is 342 g/mol. The molecule has 1 saturated carbocycles. The topological polar surface area (TPSA) is 68.0 Å². The summed E-state index contributed by atoms with van der Waals surface area (Å²) < 4.78 is 0.800. The number of nitrogens with two attached hydrogens (primary N) is 1. The summed E-state index contributed by atoms with van der Waals surface area (Å²) in [4.78, 5) is 16.3. The molecule has 0 saturated heterocycles. The molecular formula is C14H17BrClN3O. The molecule has 2 aliphatic rings. The van der Waals surface area contributed by atoms with Gasteiger partial charge in [-0.05, 0) is 41.6 Å². The minimum absolute atomic E-state index is 0.117. The Morgan fingerprint density at radius 2 is 2.35 bits per heavy atom. The summed E-state index contributed by atoms with van der Waals surface area (Å²) in [5.74, 6) is 0.652. The van der Waals surface area contributed by atoms with E-state index in [-0.39, 0.29) is 11.3 Å². The van der Waals surface area contributed by atoms with E-state index in [1.165, 1.54) is 0 Å². The molecule has 1 fully saturated rings. The second-order valence-electron chi connectivity index (χ2n) is 5.95. The van der Waals surface area contributed by atoms with Crippen molar-refractivity contribution < 1.29 is 4.79 Å². The average Bonchev–Trinajstić information content (AvgIpc) is 2.98. The van der Waals surface area contributed by atoms with E-state index in [9.17, 15) is 4.79 Å². The molecule has 3 N–H and O–H groups in total. The number of nitrogens with zero attached hydrogens (tertiary/aromatic N) is 1. The largest absolute Gasteiger partial charge is 0.369 e. The minimum atomic E-state index is -0.408. The maximum Gasteiger partial charge on any atom is 0.223 e. The van der Waals surface area contributed by atoms with Crippen LogP contribution in [0.5, 0.6) is 0 Å². The molecule has 2 atom stereocenters. The number of anilines is 1. The van der Waals surface area contributed by atoms with Crippen molar-refractivity contribution in [2.24, 2.45) is 11.1 Å². The van der Waals surface area contributed by atoms with Gasteiger partial charge in [0.05, 0.1) is 9.50 Å². The van der Waals surface area contributed by atoms with Gasteiger partial charge >= 0.3 is 0 Å². The van der Waals surface area contributed by atoms with Gasteiger partial charge in [-0.1, -0.05) is 18.5 Å². The highest BCUT2D eigenvalue weighted by molar-refractivity contribution is 9.10. The van der Waals surface area contributed by atoms with Crippen molar-refractivity contribution in [3.63, 3.8) is 0 Å². The molecule has 1 aromatic rings. The molecule has 1 aliphatic heterocycles. The van der Waals surface area contributed by atoms with Crippen LogP contribution in [0.2, 0.25) is 5.02 Å². The molecule has 0 unspecified atom stereocenters. The van der Waals surface area contributed by atoms with Gasteiger partial charge in [0.1, 0.15) is 5.82 Å². The Hall–Kier alpha value is -0.810. The van der Waals surface area contributed by atoms with Crippen LogP contribution in [0.1, 0.15) is 38.2 Å². The van der Waals surface area contributed by atoms with Gasteiger partial charge < -0.3 is 11.1 Å². The lowest BCUT2D eigenvalue weighted by Crippen LogP contribution is -2.37. The summed E-state index contributed by atoms with van der Waals surface area (Å²) in [6, 6.07) is 0. The normalized spacial score (nSPS) is 31.4. The number of rotatable bonds is 2. The Bertz CT molecular complexity index is 594. The van der Waals surface area contributed by atoms with Crippen LogP contribution in [-0.4, -0.2) is 17.4 Å². The third-order valence-corrected chi connectivity index (χ3v) is 6.28. The zero-order chi connectivity index (χ0) is 14.5. The predicted molar refractivity (Wildman–Crippen MR) is 82.9 cm³/mol. The summed E-state index contributed by atoms with van der Waals surface area (Å²) >= 11 is 9.92. The number of fused-ring (bicyclic) bond motifs is 2. The first-order valence-corrected chi connectivity index (χ1v) is 7.99. The Kier molecular flexibility index (Phi) is 3.25. The highest BCUT2D eigenvalue weighted by Crippen LogP contribution is 2.57. The van der Waals surface area contributed by atoms with E-state index in [1.54, 1.807) is 6.20 Å². The predicted octanol–water partition coefficient (Wildman–Crippen LogP) is 3.23. The van der Waals surface area contributed by atoms with Crippen LogP contribution >= 0.6 is 27.5 Å². The molecule has 1 aliphatic carbocycles. The second-order valence-corrected chi connectivity index (χ2v) is 7.18. The van der Waals surface area contributed by atoms with Crippen LogP contribution in [0, 0.1) is 5.41 Å². The first-order valence-electron chi connectivity index (χ1n) is 6.82. The highest BCUT2D eigenvalue weighted by Gasteiger charge is 2.55. The highest BCUT2D eigenvalue weighted by atomic mass is 79.9. The fraction of sp³-hybridized carbons (Fsp3) is 0.571. The Labute approximate surface area is 131 Å². The fourth-order valence-corrected chi connectivity index (χ4v) is 4.42. The van der Waals surface area contributed by atoms with Gasteiger partial charge in [-0.3, -0.25) is 4.79 Å². The number of amides is 1. The standard InChI is InChI=1S/C14H17BrClN3O/c1-2-13(12(17)20)3-4-14(6-13)7-19-11-9(14)10(16)8(15)5-18-11/h5H,2-4,6-7H2,1H3,(H2,17,20)(H,18,19)/t13-,14-/m0/s1. The summed E-state index contributed by atoms with van der Waals surface area (Å²) in [6.45, 7) is 2.81. The summed E-state index contributed by atoms with van der Waals surface area (Å²) in [5, 5.41) is 4.04. The molecule has 1 amide bonds. The van der Waals surface area contributed by atoms with E-state index in [1.807, 2.05) is 6.92 Å². The third kappa shape index (κ3) is 1.79. The van der Waals surface area contributed by atoms with E-state index in [2.05, 4.69) is 26.2 Å². The van der Waals surface area contributed by atoms with Crippen molar-refractivity contribution in [2.45, 2.75) is 38.0 Å². The lowest BCUT2D eigenvalue weighted by Gasteiger charge is -2.29. The van der Waals surface area contributed by atoms with Gasteiger partial charge in [-0.15, -0.1) is 0 Å². The van der Waals surface area contributed by atoms with Gasteiger partial charge in [0.15, 0.2) is 0 Å². The Morgan fingerprint density at radius 3 is 2.95 bits per heavy atom. The third-order valence-electron chi connectivity index (χ3n) is 5.06. The smallest absolute Gasteiger partial charge is 0.223 e. The number of primary amides is 1. The Morgan fingerprint density at radius 1 is 1.60 bits per heavy atom. The molecule has 0 bridgehead atoms. The van der Waals surface area contributed by atoms with Gasteiger partial charge in [0.2, 0.25) is 5.91 Å². The lowest BCUT2D eigenvalue weighted by molar-refractivity contribution is -0.127. The quantitative estimate of drug-likeness (QED) is 0.853. The van der Waals surface area contributed by atoms with Crippen LogP contribution in [0.3, 0.4) is 0 Å². The van der Waals surface area contributed by atoms with Crippen molar-refractivity contribution in [3.8, 4) is 0 Å². The van der Waals surface area contributed by atoms with Crippen LogP contribution in [0.15, 0.2) is 10.7 Å². The van der Waals surface area contributed by atoms with E-state index in [0.717, 1.165) is 48.1 Å². The maximum atomic E-state index is 11.9. The lowest BCUT2D eigenvalue weighted by atomic mass is 9.75. The van der Waals surface area contributed by atoms with Crippen LogP contribution in [-0.2, 0) is 10.2 Å². The van der Waals surface area contributed by atoms with Crippen molar-refractivity contribution in [2.75, 3.05) is 11.9 Å². The SMILES string of the molecule is CC[C@]1(C(N)=O)CC[C@@]2(CNc3ncc(Br)c(Cl)c32)C1. The molecule has 6 heteroatoms. The van der Waals surface area contributed by atoms with Crippen molar-refractivity contribution in [1.82, 2.24) is 4.98 Å². The molecule has 0 radical (unpaired) electrons. The number of nitrogens with one attached hydrogen (secondary N) is 1. The number of pyridine rings is 1. The molecule has 3 rings (SSSR count). The summed E-state index contributed by atoms with van der Waals surface area (Å²) in [5.41, 5.74) is 6.19. The maximum absolute atomic E-state index is 11.9. The van der Waals surface area contributed by atoms with Gasteiger partial charge in [0, 0.05) is 29.1 Å². The average molecular weight is 359 g/mol. The molecule has 108 valence electrons. The van der Waals surface area contributed by atoms with E-state index in [0.29, 0.717) is 5.02 Å². The minimum Gasteiger partial charge on any atom is -0.369 e. The number of halogens is 2. The monoisotopic (exact) mass is 357 g/mol. The molecule has 0 aromatic carbocycles. The fourth-order valence-electron chi connectivity index (χ4n) is 3.78. The van der Waals surface area contributed by atoms with E-state index >= 15 is 0 Å². The van der Waals surface area contributed by atoms with Crippen molar-refractivity contribution in [1.29, 1.82) is 0 Å². The number of carbonyl (C=O) groups is 1. The first kappa shape index (κ1) is 14.1. The molecule has 1 spiro atoms. The number of hydrogen-bond donors (Lipinski definition) is 2. The van der Waals surface area contributed by atoms with Crippen LogP contribution in [0.4, 0.5) is 5.82 Å². The zero-order valence-corrected chi connectivity index (χ0v) is 13.6. The number of hydrogen-bond acceptors (Lipinski definition) is 3. The van der Waals surface area contributed by atoms with Crippen LogP contribution in [0.25, 0.3) is 0 Å². The number of aromatic nitrogens is 1. The molecule has 1 aromatic heterocycles. The first-order chi connectivity index (χ1) is 9.44. The van der Waals surface area contributed by atoms with Crippen LogP contribution < -0.4 is 11.1 Å². The summed E-state index contributed by atoms with van der Waals surface area (Å²) in [6.07, 6.45) is 4.98. The van der Waals surface area contributed by atoms with Crippen molar-refractivity contribution in [3.05, 3.63) is 21.3 Å². The van der Waals surface area contributed by atoms with E-state index in [4.69, 9.17) is 17.3 Å². The number of carbonyl (C=O) groups excluding carboxylic acids is 1. The Balaban J connectivity index is 2.08. The van der Waals surface area contributed by atoms with Gasteiger partial charge in [0.25, 0.3) is 0 Å². The van der Waals surface area contributed by atoms with Gasteiger partial charge in [-0.25, -0.2) is 4.98 Å². The molecule has 20 heavy (non-hydrogen) atoms. The summed E-state index contributed by atoms with van der Waals surface area (Å²) in [7, 11) is 0. The zero-order valence-electron chi connectivity index (χ0n) is 11.3. The van der Waals surface area contributed by atoms with E-state index < -0.39 is 5.41 Å². The van der Waals surface area contributed by atoms with Gasteiger partial charge in [-0.2, -0.15) is 0 Å². The molecule has 4 nitrogen and oxygen atoms in total. The van der Waals surface area contributed by atoms with Crippen molar-refractivity contribution >= 4 is 39.3 Å². The second kappa shape index (κ2) is 4.60. The molecule has 2 heterocycles.